The fourth-order valence-electron chi connectivity index (χ4n) is 1.91. The molecule has 2 rings (SSSR count). The van der Waals surface area contributed by atoms with Crippen molar-refractivity contribution in [2.75, 3.05) is 33.7 Å². The lowest BCUT2D eigenvalue weighted by molar-refractivity contribution is 0.341. The van der Waals surface area contributed by atoms with Gasteiger partial charge in [-0.15, -0.1) is 0 Å². The van der Waals surface area contributed by atoms with Gasteiger partial charge in [-0.25, -0.2) is 0 Å². The van der Waals surface area contributed by atoms with E-state index in [1.807, 2.05) is 7.05 Å². The number of likely N-dealkylation sites (tertiary alicyclic amines) is 1. The van der Waals surface area contributed by atoms with E-state index in [0.29, 0.717) is 5.92 Å². The highest BCUT2D eigenvalue weighted by atomic mass is 16.5. The van der Waals surface area contributed by atoms with Crippen LogP contribution in [0.2, 0.25) is 0 Å². The highest BCUT2D eigenvalue weighted by Gasteiger charge is 2.25. The molecular weight excluding hydrogens is 192 g/mol. The Labute approximate surface area is 89.8 Å². The Kier molecular flexibility index (Phi) is 3.33. The van der Waals surface area contributed by atoms with Gasteiger partial charge in [0.15, 0.2) is 5.82 Å². The van der Waals surface area contributed by atoms with Gasteiger partial charge in [-0.3, -0.25) is 0 Å². The summed E-state index contributed by atoms with van der Waals surface area (Å²) < 4.78 is 5.28. The van der Waals surface area contributed by atoms with Gasteiger partial charge in [0.25, 0.3) is 0 Å². The van der Waals surface area contributed by atoms with Crippen LogP contribution < -0.4 is 5.32 Å². The molecule has 1 aliphatic heterocycles. The first-order valence-corrected chi connectivity index (χ1v) is 5.45. The van der Waals surface area contributed by atoms with Crippen molar-refractivity contribution in [2.24, 2.45) is 0 Å². The standard InChI is InChI=1S/C10H18N4O/c1-11-5-3-9-12-10(15-13-9)8-4-6-14(2)7-8/h8,11H,3-7H2,1-2H3. The largest absolute Gasteiger partial charge is 0.339 e. The van der Waals surface area contributed by atoms with Crippen molar-refractivity contribution >= 4 is 0 Å². The number of likely N-dealkylation sites (N-methyl/N-ethyl adjacent to an activating group) is 2. The van der Waals surface area contributed by atoms with E-state index in [1.54, 1.807) is 0 Å². The van der Waals surface area contributed by atoms with E-state index in [-0.39, 0.29) is 0 Å². The van der Waals surface area contributed by atoms with Crippen molar-refractivity contribution in [1.82, 2.24) is 20.4 Å². The Morgan fingerprint density at radius 2 is 2.47 bits per heavy atom. The molecule has 0 bridgehead atoms. The predicted molar refractivity (Wildman–Crippen MR) is 56.8 cm³/mol. The molecule has 1 aromatic rings. The zero-order valence-corrected chi connectivity index (χ0v) is 9.36. The molecule has 2 heterocycles. The van der Waals surface area contributed by atoms with Crippen LogP contribution in [0.5, 0.6) is 0 Å². The number of nitrogens with zero attached hydrogens (tertiary/aromatic N) is 3. The smallest absolute Gasteiger partial charge is 0.231 e. The van der Waals surface area contributed by atoms with Gasteiger partial charge in [-0.05, 0) is 27.1 Å². The Morgan fingerprint density at radius 1 is 1.60 bits per heavy atom. The first-order valence-electron chi connectivity index (χ1n) is 5.45. The first kappa shape index (κ1) is 10.6. The number of nitrogens with one attached hydrogen (secondary N) is 1. The molecule has 5 heteroatoms. The molecule has 1 aliphatic rings. The van der Waals surface area contributed by atoms with E-state index in [1.165, 1.54) is 0 Å². The Balaban J connectivity index is 1.94. The molecule has 5 nitrogen and oxygen atoms in total. The first-order chi connectivity index (χ1) is 7.29. The second-order valence-corrected chi connectivity index (χ2v) is 4.15. The fourth-order valence-corrected chi connectivity index (χ4v) is 1.91. The van der Waals surface area contributed by atoms with E-state index < -0.39 is 0 Å². The lowest BCUT2D eigenvalue weighted by atomic mass is 10.1. The van der Waals surface area contributed by atoms with Crippen molar-refractivity contribution < 1.29 is 4.52 Å². The monoisotopic (exact) mass is 210 g/mol. The van der Waals surface area contributed by atoms with Crippen LogP contribution >= 0.6 is 0 Å². The molecule has 1 N–H and O–H groups in total. The highest BCUT2D eigenvalue weighted by Crippen LogP contribution is 2.24. The lowest BCUT2D eigenvalue weighted by Crippen LogP contribution is -2.13. The lowest BCUT2D eigenvalue weighted by Gasteiger charge is -2.04. The van der Waals surface area contributed by atoms with E-state index in [0.717, 1.165) is 44.2 Å². The zero-order valence-electron chi connectivity index (χ0n) is 9.36. The van der Waals surface area contributed by atoms with Gasteiger partial charge >= 0.3 is 0 Å². The van der Waals surface area contributed by atoms with Crippen molar-refractivity contribution in [3.63, 3.8) is 0 Å². The fraction of sp³-hybridized carbons (Fsp3) is 0.800. The molecule has 0 aromatic carbocycles. The molecule has 0 amide bonds. The van der Waals surface area contributed by atoms with Gasteiger partial charge in [0.2, 0.25) is 5.89 Å². The molecule has 15 heavy (non-hydrogen) atoms. The summed E-state index contributed by atoms with van der Waals surface area (Å²) in [5.74, 6) is 2.06. The van der Waals surface area contributed by atoms with Crippen LogP contribution in [-0.4, -0.2) is 48.8 Å². The minimum absolute atomic E-state index is 0.436. The summed E-state index contributed by atoms with van der Waals surface area (Å²) >= 11 is 0. The maximum absolute atomic E-state index is 5.28. The Morgan fingerprint density at radius 3 is 3.13 bits per heavy atom. The summed E-state index contributed by atoms with van der Waals surface area (Å²) in [4.78, 5) is 6.71. The van der Waals surface area contributed by atoms with E-state index in [9.17, 15) is 0 Å². The molecule has 1 atom stereocenters. The van der Waals surface area contributed by atoms with Crippen molar-refractivity contribution in [3.05, 3.63) is 11.7 Å². The summed E-state index contributed by atoms with van der Waals surface area (Å²) in [6, 6.07) is 0. The van der Waals surface area contributed by atoms with Crippen LogP contribution in [0.3, 0.4) is 0 Å². The van der Waals surface area contributed by atoms with Gasteiger partial charge in [-0.2, -0.15) is 4.98 Å². The van der Waals surface area contributed by atoms with Crippen LogP contribution in [0.1, 0.15) is 24.1 Å². The average molecular weight is 210 g/mol. The molecule has 1 aromatic heterocycles. The second-order valence-electron chi connectivity index (χ2n) is 4.15. The minimum atomic E-state index is 0.436. The Hall–Kier alpha value is -0.940. The van der Waals surface area contributed by atoms with Gasteiger partial charge in [0, 0.05) is 19.5 Å². The average Bonchev–Trinajstić information content (AvgIpc) is 2.83. The minimum Gasteiger partial charge on any atom is -0.339 e. The molecule has 1 unspecified atom stereocenters. The van der Waals surface area contributed by atoms with E-state index in [4.69, 9.17) is 4.52 Å². The Bertz CT molecular complexity index is 312. The summed E-state index contributed by atoms with van der Waals surface area (Å²) in [6.07, 6.45) is 1.97. The molecular formula is C10H18N4O. The van der Waals surface area contributed by atoms with Crippen molar-refractivity contribution in [2.45, 2.75) is 18.8 Å². The molecule has 1 fully saturated rings. The quantitative estimate of drug-likeness (QED) is 0.772. The van der Waals surface area contributed by atoms with Gasteiger partial charge in [0.1, 0.15) is 0 Å². The third-order valence-electron chi connectivity index (χ3n) is 2.82. The maximum atomic E-state index is 5.28. The summed E-state index contributed by atoms with van der Waals surface area (Å²) in [6.45, 7) is 3.05. The van der Waals surface area contributed by atoms with Crippen LogP contribution in [-0.2, 0) is 6.42 Å². The summed E-state index contributed by atoms with van der Waals surface area (Å²) in [7, 11) is 4.05. The highest BCUT2D eigenvalue weighted by molar-refractivity contribution is 4.98. The summed E-state index contributed by atoms with van der Waals surface area (Å²) in [5.41, 5.74) is 0. The number of rotatable bonds is 4. The molecule has 0 radical (unpaired) electrons. The molecule has 84 valence electrons. The summed E-state index contributed by atoms with van der Waals surface area (Å²) in [5, 5.41) is 7.05. The molecule has 0 spiro atoms. The second kappa shape index (κ2) is 4.72. The van der Waals surface area contributed by atoms with Crippen LogP contribution in [0.15, 0.2) is 4.52 Å². The van der Waals surface area contributed by atoms with Gasteiger partial charge in [-0.1, -0.05) is 5.16 Å². The third kappa shape index (κ3) is 2.54. The topological polar surface area (TPSA) is 54.2 Å². The van der Waals surface area contributed by atoms with Crippen LogP contribution in [0.25, 0.3) is 0 Å². The zero-order chi connectivity index (χ0) is 10.7. The molecule has 1 saturated heterocycles. The number of aromatic nitrogens is 2. The number of hydrogen-bond acceptors (Lipinski definition) is 5. The predicted octanol–water partition coefficient (Wildman–Crippen LogP) is 0.251. The van der Waals surface area contributed by atoms with Crippen molar-refractivity contribution in [1.29, 1.82) is 0 Å². The molecule has 0 aliphatic carbocycles. The third-order valence-corrected chi connectivity index (χ3v) is 2.82. The maximum Gasteiger partial charge on any atom is 0.231 e. The van der Waals surface area contributed by atoms with Crippen LogP contribution in [0, 0.1) is 0 Å². The van der Waals surface area contributed by atoms with Crippen molar-refractivity contribution in [3.8, 4) is 0 Å². The van der Waals surface area contributed by atoms with Crippen LogP contribution in [0.4, 0.5) is 0 Å². The van der Waals surface area contributed by atoms with E-state index >= 15 is 0 Å². The SMILES string of the molecule is CNCCc1noc(C2CCN(C)C2)n1. The van der Waals surface area contributed by atoms with Gasteiger partial charge < -0.3 is 14.7 Å². The molecule has 0 saturated carbocycles. The van der Waals surface area contributed by atoms with E-state index in [2.05, 4.69) is 27.4 Å². The number of hydrogen-bond donors (Lipinski definition) is 1. The van der Waals surface area contributed by atoms with Gasteiger partial charge in [0.05, 0.1) is 5.92 Å². The normalized spacial score (nSPS) is 22.4.